The monoisotopic (exact) mass is 308 g/mol. The molecule has 2 aromatic carbocycles. The van der Waals surface area contributed by atoms with Gasteiger partial charge in [0.25, 0.3) is 0 Å². The molecule has 0 nitrogen and oxygen atoms in total. The van der Waals surface area contributed by atoms with E-state index in [-0.39, 0.29) is 0 Å². The molecule has 0 bridgehead atoms. The van der Waals surface area contributed by atoms with Crippen LogP contribution < -0.4 is 0 Å². The van der Waals surface area contributed by atoms with Crippen molar-refractivity contribution in [2.45, 2.75) is 66.2 Å². The van der Waals surface area contributed by atoms with E-state index in [4.69, 9.17) is 0 Å². The summed E-state index contributed by atoms with van der Waals surface area (Å²) in [5.41, 5.74) is 7.46. The first-order valence-corrected chi connectivity index (χ1v) is 9.43. The highest BCUT2D eigenvalue weighted by molar-refractivity contribution is 5.66. The molecule has 0 heterocycles. The van der Waals surface area contributed by atoms with Gasteiger partial charge >= 0.3 is 0 Å². The third kappa shape index (κ3) is 4.47. The molecular weight excluding hydrogens is 276 g/mol. The van der Waals surface area contributed by atoms with E-state index in [0.29, 0.717) is 0 Å². The largest absolute Gasteiger partial charge is 0.0654 e. The Hall–Kier alpha value is -1.56. The number of rotatable bonds is 8. The molecule has 0 saturated heterocycles. The second kappa shape index (κ2) is 8.91. The third-order valence-electron chi connectivity index (χ3n) is 5.07. The van der Waals surface area contributed by atoms with Crippen molar-refractivity contribution >= 4 is 0 Å². The minimum atomic E-state index is 0.832. The normalized spacial score (nSPS) is 12.3. The molecule has 0 aliphatic heterocycles. The molecule has 0 saturated carbocycles. The maximum atomic E-state index is 2.43. The summed E-state index contributed by atoms with van der Waals surface area (Å²) in [5, 5.41) is 0. The van der Waals surface area contributed by atoms with Crippen molar-refractivity contribution in [2.24, 2.45) is 5.92 Å². The van der Waals surface area contributed by atoms with E-state index in [1.807, 2.05) is 0 Å². The number of aryl methyl sites for hydroxylation is 2. The minimum Gasteiger partial charge on any atom is -0.0654 e. The summed E-state index contributed by atoms with van der Waals surface area (Å²) in [6, 6.07) is 15.7. The fourth-order valence-corrected chi connectivity index (χ4v) is 3.64. The van der Waals surface area contributed by atoms with Crippen LogP contribution in [0.3, 0.4) is 0 Å². The first-order chi connectivity index (χ1) is 11.2. The third-order valence-corrected chi connectivity index (χ3v) is 5.07. The summed E-state index contributed by atoms with van der Waals surface area (Å²) in [4.78, 5) is 0. The van der Waals surface area contributed by atoms with Crippen molar-refractivity contribution < 1.29 is 0 Å². The maximum Gasteiger partial charge on any atom is -0.0178 e. The van der Waals surface area contributed by atoms with Crippen LogP contribution in [0.1, 0.15) is 63.6 Å². The molecule has 2 rings (SSSR count). The average molecular weight is 309 g/mol. The first kappa shape index (κ1) is 17.8. The van der Waals surface area contributed by atoms with Crippen LogP contribution in [0.2, 0.25) is 0 Å². The van der Waals surface area contributed by atoms with E-state index >= 15 is 0 Å². The Kier molecular flexibility index (Phi) is 6.89. The SMILES string of the molecule is CCCC(CC)Cc1c(CC)cc(-c2ccccc2)cc1CC. The predicted octanol–water partition coefficient (Wildman–Crippen LogP) is 6.85. The van der Waals surface area contributed by atoms with Gasteiger partial charge in [-0.1, -0.05) is 89.4 Å². The summed E-state index contributed by atoms with van der Waals surface area (Å²) in [6.45, 7) is 9.25. The van der Waals surface area contributed by atoms with Gasteiger partial charge in [0.05, 0.1) is 0 Å². The Bertz CT molecular complexity index is 570. The quantitative estimate of drug-likeness (QED) is 0.500. The summed E-state index contributed by atoms with van der Waals surface area (Å²) in [7, 11) is 0. The molecule has 23 heavy (non-hydrogen) atoms. The molecule has 0 N–H and O–H groups in total. The highest BCUT2D eigenvalue weighted by Gasteiger charge is 2.14. The van der Waals surface area contributed by atoms with Crippen LogP contribution >= 0.6 is 0 Å². The van der Waals surface area contributed by atoms with Crippen LogP contribution in [0.15, 0.2) is 42.5 Å². The Balaban J connectivity index is 2.42. The molecule has 0 radical (unpaired) electrons. The molecule has 0 aliphatic rings. The van der Waals surface area contributed by atoms with Gasteiger partial charge in [-0.05, 0) is 53.0 Å². The summed E-state index contributed by atoms with van der Waals surface area (Å²) < 4.78 is 0. The fraction of sp³-hybridized carbons (Fsp3) is 0.478. The summed E-state index contributed by atoms with van der Waals surface area (Å²) in [6.07, 6.45) is 7.45. The lowest BCUT2D eigenvalue weighted by atomic mass is 9.84. The number of benzene rings is 2. The van der Waals surface area contributed by atoms with Crippen molar-refractivity contribution in [1.29, 1.82) is 0 Å². The van der Waals surface area contributed by atoms with Gasteiger partial charge in [-0.15, -0.1) is 0 Å². The van der Waals surface area contributed by atoms with Crippen molar-refractivity contribution in [3.8, 4) is 11.1 Å². The van der Waals surface area contributed by atoms with Crippen molar-refractivity contribution in [3.63, 3.8) is 0 Å². The lowest BCUT2D eigenvalue weighted by Crippen LogP contribution is -2.08. The zero-order chi connectivity index (χ0) is 16.7. The van der Waals surface area contributed by atoms with Gasteiger partial charge in [-0.3, -0.25) is 0 Å². The van der Waals surface area contributed by atoms with Crippen LogP contribution in [0.4, 0.5) is 0 Å². The summed E-state index contributed by atoms with van der Waals surface area (Å²) in [5.74, 6) is 0.832. The van der Waals surface area contributed by atoms with Crippen molar-refractivity contribution in [1.82, 2.24) is 0 Å². The molecule has 0 amide bonds. The molecule has 0 spiro atoms. The van der Waals surface area contributed by atoms with Crippen LogP contribution in [-0.2, 0) is 19.3 Å². The lowest BCUT2D eigenvalue weighted by Gasteiger charge is -2.21. The number of hydrogen-bond donors (Lipinski definition) is 0. The molecule has 2 aromatic rings. The van der Waals surface area contributed by atoms with Gasteiger partial charge in [0.1, 0.15) is 0 Å². The van der Waals surface area contributed by atoms with E-state index in [0.717, 1.165) is 18.8 Å². The minimum absolute atomic E-state index is 0.832. The van der Waals surface area contributed by atoms with Crippen LogP contribution in [0, 0.1) is 5.92 Å². The molecule has 1 atom stereocenters. The van der Waals surface area contributed by atoms with Crippen molar-refractivity contribution in [3.05, 3.63) is 59.2 Å². The van der Waals surface area contributed by atoms with Gasteiger partial charge in [0.2, 0.25) is 0 Å². The number of hydrogen-bond acceptors (Lipinski definition) is 0. The van der Waals surface area contributed by atoms with Crippen LogP contribution in [0.25, 0.3) is 11.1 Å². The van der Waals surface area contributed by atoms with Crippen molar-refractivity contribution in [2.75, 3.05) is 0 Å². The molecule has 1 unspecified atom stereocenters. The van der Waals surface area contributed by atoms with Crippen LogP contribution in [-0.4, -0.2) is 0 Å². The smallest absolute Gasteiger partial charge is 0.0178 e. The standard InChI is InChI=1S/C23H32/c1-5-12-18(6-2)15-23-19(7-3)16-22(17-20(23)8-4)21-13-10-9-11-14-21/h9-11,13-14,16-18H,5-8,12,15H2,1-4H3. The summed E-state index contributed by atoms with van der Waals surface area (Å²) >= 11 is 0. The Labute approximate surface area is 143 Å². The molecule has 0 fully saturated rings. The predicted molar refractivity (Wildman–Crippen MR) is 103 cm³/mol. The van der Waals surface area contributed by atoms with E-state index in [9.17, 15) is 0 Å². The topological polar surface area (TPSA) is 0 Å². The van der Waals surface area contributed by atoms with E-state index < -0.39 is 0 Å². The van der Waals surface area contributed by atoms with Gasteiger partial charge in [0.15, 0.2) is 0 Å². The second-order valence-electron chi connectivity index (χ2n) is 6.61. The Morgan fingerprint density at radius 3 is 1.87 bits per heavy atom. The average Bonchev–Trinajstić information content (AvgIpc) is 2.61. The van der Waals surface area contributed by atoms with Gasteiger partial charge in [-0.25, -0.2) is 0 Å². The highest BCUT2D eigenvalue weighted by Crippen LogP contribution is 2.30. The van der Waals surface area contributed by atoms with E-state index in [1.54, 1.807) is 16.7 Å². The first-order valence-electron chi connectivity index (χ1n) is 9.43. The highest BCUT2D eigenvalue weighted by atomic mass is 14.2. The van der Waals surface area contributed by atoms with Crippen LogP contribution in [0.5, 0.6) is 0 Å². The Morgan fingerprint density at radius 1 is 0.783 bits per heavy atom. The zero-order valence-corrected chi connectivity index (χ0v) is 15.4. The molecule has 0 aromatic heterocycles. The molecule has 0 aliphatic carbocycles. The van der Waals surface area contributed by atoms with Gasteiger partial charge in [-0.2, -0.15) is 0 Å². The van der Waals surface area contributed by atoms with Gasteiger partial charge in [0, 0.05) is 0 Å². The maximum absolute atomic E-state index is 2.43. The van der Waals surface area contributed by atoms with E-state index in [2.05, 4.69) is 70.2 Å². The Morgan fingerprint density at radius 2 is 1.39 bits per heavy atom. The lowest BCUT2D eigenvalue weighted by molar-refractivity contribution is 0.459. The molecular formula is C23H32. The molecule has 0 heteroatoms. The van der Waals surface area contributed by atoms with Gasteiger partial charge < -0.3 is 0 Å². The fourth-order valence-electron chi connectivity index (χ4n) is 3.64. The second-order valence-corrected chi connectivity index (χ2v) is 6.61. The molecule has 124 valence electrons. The van der Waals surface area contributed by atoms with E-state index in [1.165, 1.54) is 36.8 Å². The zero-order valence-electron chi connectivity index (χ0n) is 15.4.